The van der Waals surface area contributed by atoms with Crippen LogP contribution in [0.5, 0.6) is 0 Å². The van der Waals surface area contributed by atoms with Crippen molar-refractivity contribution in [3.8, 4) is 0 Å². The van der Waals surface area contributed by atoms with E-state index in [0.717, 1.165) is 11.1 Å². The zero-order valence-corrected chi connectivity index (χ0v) is 16.8. The average molecular weight is 394 g/mol. The minimum atomic E-state index is -3.91. The van der Waals surface area contributed by atoms with Gasteiger partial charge in [0, 0.05) is 12.7 Å². The molecule has 0 aromatic heterocycles. The number of hydrogen-bond donors (Lipinski definition) is 1. The molecule has 3 rings (SSSR count). The minimum absolute atomic E-state index is 0.0378. The quantitative estimate of drug-likeness (QED) is 0.698. The Morgan fingerprint density at radius 2 is 1.50 bits per heavy atom. The molecule has 1 amide bonds. The molecular weight excluding hydrogens is 372 g/mol. The van der Waals surface area contributed by atoms with Crippen molar-refractivity contribution in [1.82, 2.24) is 0 Å². The Balaban J connectivity index is 1.99. The van der Waals surface area contributed by atoms with Crippen LogP contribution >= 0.6 is 0 Å². The maximum atomic E-state index is 13.2. The number of nitrogens with zero attached hydrogens (tertiary/aromatic N) is 1. The lowest BCUT2D eigenvalue weighted by Crippen LogP contribution is -2.29. The maximum absolute atomic E-state index is 13.2. The molecule has 0 aliphatic rings. The van der Waals surface area contributed by atoms with Crippen LogP contribution in [0.3, 0.4) is 0 Å². The highest BCUT2D eigenvalue weighted by Crippen LogP contribution is 2.26. The van der Waals surface area contributed by atoms with Crippen molar-refractivity contribution >= 4 is 27.3 Å². The highest BCUT2D eigenvalue weighted by molar-refractivity contribution is 7.92. The van der Waals surface area contributed by atoms with Crippen molar-refractivity contribution in [2.45, 2.75) is 18.7 Å². The number of rotatable bonds is 5. The van der Waals surface area contributed by atoms with Gasteiger partial charge in [0.25, 0.3) is 15.9 Å². The molecule has 0 heterocycles. The van der Waals surface area contributed by atoms with Crippen molar-refractivity contribution in [2.75, 3.05) is 16.7 Å². The SMILES string of the molecule is Cc1cccc(NC(=O)c2ccccc2S(=O)(=O)N(C)c2ccccc2)c1C. The first-order valence-electron chi connectivity index (χ1n) is 8.83. The molecule has 0 atom stereocenters. The van der Waals surface area contributed by atoms with Gasteiger partial charge in [-0.2, -0.15) is 0 Å². The molecule has 3 aromatic rings. The summed E-state index contributed by atoms with van der Waals surface area (Å²) in [6, 6.07) is 20.6. The Hall–Kier alpha value is -3.12. The predicted molar refractivity (Wildman–Crippen MR) is 112 cm³/mol. The number of benzene rings is 3. The summed E-state index contributed by atoms with van der Waals surface area (Å²) in [5.41, 5.74) is 3.27. The standard InChI is InChI=1S/C22H22N2O3S/c1-16-10-9-14-20(17(16)2)23-22(25)19-13-7-8-15-21(19)28(26,27)24(3)18-11-5-4-6-12-18/h4-15H,1-3H3,(H,23,25). The fourth-order valence-corrected chi connectivity index (χ4v) is 4.26. The van der Waals surface area contributed by atoms with E-state index in [2.05, 4.69) is 5.32 Å². The molecule has 0 bridgehead atoms. The summed E-state index contributed by atoms with van der Waals surface area (Å²) in [6.45, 7) is 3.87. The lowest BCUT2D eigenvalue weighted by Gasteiger charge is -2.21. The molecular formula is C22H22N2O3S. The molecule has 3 aromatic carbocycles. The molecule has 0 saturated heterocycles. The Labute approximate surface area is 165 Å². The topological polar surface area (TPSA) is 66.5 Å². The fourth-order valence-electron chi connectivity index (χ4n) is 2.88. The molecule has 0 aliphatic heterocycles. The van der Waals surface area contributed by atoms with E-state index >= 15 is 0 Å². The Morgan fingerprint density at radius 3 is 2.21 bits per heavy atom. The van der Waals surface area contributed by atoms with Crippen molar-refractivity contribution in [2.24, 2.45) is 0 Å². The molecule has 28 heavy (non-hydrogen) atoms. The number of carbonyl (C=O) groups excluding carboxylic acids is 1. The molecule has 0 unspecified atom stereocenters. The number of carbonyl (C=O) groups is 1. The Morgan fingerprint density at radius 1 is 0.857 bits per heavy atom. The van der Waals surface area contributed by atoms with E-state index in [0.29, 0.717) is 11.4 Å². The molecule has 0 aliphatic carbocycles. The number of para-hydroxylation sites is 1. The van der Waals surface area contributed by atoms with Gasteiger partial charge in [0.2, 0.25) is 0 Å². The van der Waals surface area contributed by atoms with Crippen LogP contribution in [0.15, 0.2) is 77.7 Å². The van der Waals surface area contributed by atoms with E-state index in [-0.39, 0.29) is 10.5 Å². The van der Waals surface area contributed by atoms with Gasteiger partial charge in [0.15, 0.2) is 0 Å². The van der Waals surface area contributed by atoms with E-state index in [1.807, 2.05) is 32.0 Å². The van der Waals surface area contributed by atoms with E-state index in [4.69, 9.17) is 0 Å². The van der Waals surface area contributed by atoms with Gasteiger partial charge in [-0.05, 0) is 55.3 Å². The maximum Gasteiger partial charge on any atom is 0.264 e. The Bertz CT molecular complexity index is 1110. The smallest absolute Gasteiger partial charge is 0.264 e. The van der Waals surface area contributed by atoms with Crippen LogP contribution in [-0.2, 0) is 10.0 Å². The summed E-state index contributed by atoms with van der Waals surface area (Å²) in [7, 11) is -2.43. The van der Waals surface area contributed by atoms with Gasteiger partial charge < -0.3 is 5.32 Å². The number of aryl methyl sites for hydroxylation is 1. The van der Waals surface area contributed by atoms with Crippen LogP contribution in [0.4, 0.5) is 11.4 Å². The second-order valence-corrected chi connectivity index (χ2v) is 8.44. The second-order valence-electron chi connectivity index (χ2n) is 6.51. The number of anilines is 2. The number of sulfonamides is 1. The largest absolute Gasteiger partial charge is 0.322 e. The van der Waals surface area contributed by atoms with Crippen LogP contribution in [-0.4, -0.2) is 21.4 Å². The highest BCUT2D eigenvalue weighted by atomic mass is 32.2. The lowest BCUT2D eigenvalue weighted by molar-refractivity contribution is 0.102. The van der Waals surface area contributed by atoms with Gasteiger partial charge in [-0.25, -0.2) is 8.42 Å². The summed E-state index contributed by atoms with van der Waals surface area (Å²) in [5.74, 6) is -0.464. The van der Waals surface area contributed by atoms with Crippen LogP contribution in [0.25, 0.3) is 0 Å². The summed E-state index contributed by atoms with van der Waals surface area (Å²) < 4.78 is 27.5. The first-order chi connectivity index (χ1) is 13.3. The van der Waals surface area contributed by atoms with Crippen LogP contribution in [0, 0.1) is 13.8 Å². The van der Waals surface area contributed by atoms with Crippen molar-refractivity contribution in [3.05, 3.63) is 89.5 Å². The second kappa shape index (κ2) is 7.86. The van der Waals surface area contributed by atoms with Gasteiger partial charge in [0.1, 0.15) is 4.90 Å². The van der Waals surface area contributed by atoms with Crippen LogP contribution in [0.1, 0.15) is 21.5 Å². The zero-order chi connectivity index (χ0) is 20.3. The van der Waals surface area contributed by atoms with Crippen LogP contribution < -0.4 is 9.62 Å². The summed E-state index contributed by atoms with van der Waals surface area (Å²) in [4.78, 5) is 12.9. The third kappa shape index (κ3) is 3.77. The van der Waals surface area contributed by atoms with Gasteiger partial charge in [0.05, 0.1) is 11.3 Å². The average Bonchev–Trinajstić information content (AvgIpc) is 2.71. The zero-order valence-electron chi connectivity index (χ0n) is 16.0. The fraction of sp³-hybridized carbons (Fsp3) is 0.136. The van der Waals surface area contributed by atoms with E-state index in [9.17, 15) is 13.2 Å². The van der Waals surface area contributed by atoms with Crippen molar-refractivity contribution in [1.29, 1.82) is 0 Å². The number of nitrogens with one attached hydrogen (secondary N) is 1. The highest BCUT2D eigenvalue weighted by Gasteiger charge is 2.27. The van der Waals surface area contributed by atoms with E-state index < -0.39 is 15.9 Å². The number of amides is 1. The summed E-state index contributed by atoms with van der Waals surface area (Å²) >= 11 is 0. The first-order valence-corrected chi connectivity index (χ1v) is 10.3. The third-order valence-electron chi connectivity index (χ3n) is 4.74. The van der Waals surface area contributed by atoms with Crippen LogP contribution in [0.2, 0.25) is 0 Å². The number of hydrogen-bond acceptors (Lipinski definition) is 3. The molecule has 0 fully saturated rings. The monoisotopic (exact) mass is 394 g/mol. The molecule has 0 radical (unpaired) electrons. The molecule has 1 N–H and O–H groups in total. The molecule has 0 saturated carbocycles. The predicted octanol–water partition coefficient (Wildman–Crippen LogP) is 4.38. The van der Waals surface area contributed by atoms with Gasteiger partial charge in [-0.1, -0.05) is 42.5 Å². The first kappa shape index (κ1) is 19.6. The molecule has 5 nitrogen and oxygen atoms in total. The van der Waals surface area contributed by atoms with Gasteiger partial charge in [-0.3, -0.25) is 9.10 Å². The molecule has 144 valence electrons. The lowest BCUT2D eigenvalue weighted by atomic mass is 10.1. The Kier molecular flexibility index (Phi) is 5.51. The molecule has 0 spiro atoms. The third-order valence-corrected chi connectivity index (χ3v) is 6.59. The normalized spacial score (nSPS) is 11.1. The van der Waals surface area contributed by atoms with Crippen molar-refractivity contribution < 1.29 is 13.2 Å². The minimum Gasteiger partial charge on any atom is -0.322 e. The van der Waals surface area contributed by atoms with E-state index in [1.54, 1.807) is 42.5 Å². The van der Waals surface area contributed by atoms with Gasteiger partial charge >= 0.3 is 0 Å². The summed E-state index contributed by atoms with van der Waals surface area (Å²) in [5, 5.41) is 2.84. The molecule has 6 heteroatoms. The summed E-state index contributed by atoms with van der Waals surface area (Å²) in [6.07, 6.45) is 0. The van der Waals surface area contributed by atoms with Crippen molar-refractivity contribution in [3.63, 3.8) is 0 Å². The van der Waals surface area contributed by atoms with E-state index in [1.165, 1.54) is 23.5 Å². The van der Waals surface area contributed by atoms with Gasteiger partial charge in [-0.15, -0.1) is 0 Å².